The van der Waals surface area contributed by atoms with E-state index in [4.69, 9.17) is 9.47 Å². The molecule has 0 unspecified atom stereocenters. The first-order chi connectivity index (χ1) is 14.0. The van der Waals surface area contributed by atoms with Crippen molar-refractivity contribution in [1.29, 1.82) is 0 Å². The van der Waals surface area contributed by atoms with Crippen LogP contribution in [0.15, 0.2) is 24.3 Å². The quantitative estimate of drug-likeness (QED) is 0.710. The van der Waals surface area contributed by atoms with Gasteiger partial charge < -0.3 is 20.1 Å². The van der Waals surface area contributed by atoms with Gasteiger partial charge in [-0.15, -0.1) is 0 Å². The molecule has 1 heterocycles. The van der Waals surface area contributed by atoms with E-state index in [-0.39, 0.29) is 5.91 Å². The lowest BCUT2D eigenvalue weighted by molar-refractivity contribution is -0.157. The zero-order valence-corrected chi connectivity index (χ0v) is 18.0. The SMILES string of the molecule is CC(=O)Nc1ccc(NC(=O)[C@H](C)OC(=O)[C@@H]2CCCN2C(=O)OC(C)(C)C)cc1. The average molecular weight is 419 g/mol. The number of anilines is 2. The lowest BCUT2D eigenvalue weighted by atomic mass is 10.2. The van der Waals surface area contributed by atoms with Crippen molar-refractivity contribution >= 4 is 35.3 Å². The van der Waals surface area contributed by atoms with Gasteiger partial charge in [0.05, 0.1) is 0 Å². The minimum Gasteiger partial charge on any atom is -0.451 e. The standard InChI is InChI=1S/C21H29N3O6/c1-13(18(26)23-16-10-8-15(9-11-16)22-14(2)25)29-19(27)17-7-6-12-24(17)20(28)30-21(3,4)5/h8-11,13,17H,6-7,12H2,1-5H3,(H,22,25)(H,23,26)/t13-,17-/m0/s1. The molecule has 2 atom stereocenters. The van der Waals surface area contributed by atoms with Gasteiger partial charge in [-0.3, -0.25) is 14.5 Å². The van der Waals surface area contributed by atoms with E-state index in [1.807, 2.05) is 0 Å². The molecule has 0 bridgehead atoms. The third-order valence-electron chi connectivity index (χ3n) is 4.29. The number of carbonyl (C=O) groups excluding carboxylic acids is 4. The molecule has 0 saturated carbocycles. The first-order valence-electron chi connectivity index (χ1n) is 9.85. The van der Waals surface area contributed by atoms with Gasteiger partial charge in [-0.1, -0.05) is 0 Å². The maximum absolute atomic E-state index is 12.5. The van der Waals surface area contributed by atoms with Gasteiger partial charge >= 0.3 is 12.1 Å². The number of carbonyl (C=O) groups is 4. The lowest BCUT2D eigenvalue weighted by Gasteiger charge is -2.28. The molecule has 1 aromatic rings. The zero-order chi connectivity index (χ0) is 22.5. The number of hydrogen-bond donors (Lipinski definition) is 2. The number of nitrogens with one attached hydrogen (secondary N) is 2. The topological polar surface area (TPSA) is 114 Å². The van der Waals surface area contributed by atoms with E-state index in [1.54, 1.807) is 45.0 Å². The third kappa shape index (κ3) is 6.75. The number of amides is 3. The third-order valence-corrected chi connectivity index (χ3v) is 4.29. The van der Waals surface area contributed by atoms with E-state index in [0.717, 1.165) is 0 Å². The van der Waals surface area contributed by atoms with Crippen LogP contribution in [0.1, 0.15) is 47.5 Å². The van der Waals surface area contributed by atoms with Crippen molar-refractivity contribution in [3.63, 3.8) is 0 Å². The molecule has 0 spiro atoms. The Labute approximate surface area is 176 Å². The van der Waals surface area contributed by atoms with Crippen molar-refractivity contribution in [2.75, 3.05) is 17.2 Å². The van der Waals surface area contributed by atoms with Crippen molar-refractivity contribution in [3.05, 3.63) is 24.3 Å². The second kappa shape index (κ2) is 9.60. The van der Waals surface area contributed by atoms with Crippen LogP contribution in [0.2, 0.25) is 0 Å². The first-order valence-corrected chi connectivity index (χ1v) is 9.85. The molecule has 1 saturated heterocycles. The molecular formula is C21H29N3O6. The summed E-state index contributed by atoms with van der Waals surface area (Å²) >= 11 is 0. The summed E-state index contributed by atoms with van der Waals surface area (Å²) in [6.45, 7) is 8.53. The van der Waals surface area contributed by atoms with E-state index in [2.05, 4.69) is 10.6 Å². The highest BCUT2D eigenvalue weighted by molar-refractivity contribution is 5.96. The number of hydrogen-bond acceptors (Lipinski definition) is 6. The molecule has 9 heteroatoms. The normalized spacial score (nSPS) is 17.1. The zero-order valence-electron chi connectivity index (χ0n) is 18.0. The highest BCUT2D eigenvalue weighted by Crippen LogP contribution is 2.22. The molecule has 1 aliphatic rings. The van der Waals surface area contributed by atoms with E-state index in [1.165, 1.54) is 18.7 Å². The molecule has 1 fully saturated rings. The van der Waals surface area contributed by atoms with E-state index < -0.39 is 35.7 Å². The van der Waals surface area contributed by atoms with Crippen LogP contribution in [0.25, 0.3) is 0 Å². The molecular weight excluding hydrogens is 390 g/mol. The first kappa shape index (κ1) is 23.2. The Morgan fingerprint density at radius 2 is 1.63 bits per heavy atom. The van der Waals surface area contributed by atoms with Crippen LogP contribution >= 0.6 is 0 Å². The molecule has 164 valence electrons. The fraction of sp³-hybridized carbons (Fsp3) is 0.524. The van der Waals surface area contributed by atoms with Crippen LogP contribution in [-0.4, -0.2) is 53.1 Å². The summed E-state index contributed by atoms with van der Waals surface area (Å²) < 4.78 is 10.6. The average Bonchev–Trinajstić information content (AvgIpc) is 3.11. The van der Waals surface area contributed by atoms with Crippen LogP contribution < -0.4 is 10.6 Å². The second-order valence-corrected chi connectivity index (χ2v) is 8.16. The summed E-state index contributed by atoms with van der Waals surface area (Å²) in [7, 11) is 0. The fourth-order valence-corrected chi connectivity index (χ4v) is 2.94. The number of nitrogens with zero attached hydrogens (tertiary/aromatic N) is 1. The Hall–Kier alpha value is -3.10. The van der Waals surface area contributed by atoms with Crippen molar-refractivity contribution in [2.24, 2.45) is 0 Å². The van der Waals surface area contributed by atoms with E-state index >= 15 is 0 Å². The maximum atomic E-state index is 12.5. The Balaban J connectivity index is 1.91. The van der Waals surface area contributed by atoms with Gasteiger partial charge in [0.2, 0.25) is 5.91 Å². The van der Waals surface area contributed by atoms with Gasteiger partial charge in [-0.05, 0) is 64.8 Å². The minimum absolute atomic E-state index is 0.195. The molecule has 1 aliphatic heterocycles. The van der Waals surface area contributed by atoms with Crippen LogP contribution in [0.4, 0.5) is 16.2 Å². The van der Waals surface area contributed by atoms with Gasteiger partial charge in [0.1, 0.15) is 11.6 Å². The predicted molar refractivity (Wildman–Crippen MR) is 111 cm³/mol. The van der Waals surface area contributed by atoms with Gasteiger partial charge in [0.15, 0.2) is 6.10 Å². The highest BCUT2D eigenvalue weighted by atomic mass is 16.6. The maximum Gasteiger partial charge on any atom is 0.411 e. The molecule has 0 radical (unpaired) electrons. The van der Waals surface area contributed by atoms with Crippen molar-refractivity contribution < 1.29 is 28.7 Å². The van der Waals surface area contributed by atoms with Crippen molar-refractivity contribution in [1.82, 2.24) is 4.90 Å². The van der Waals surface area contributed by atoms with Gasteiger partial charge in [0.25, 0.3) is 5.91 Å². The number of ether oxygens (including phenoxy) is 2. The van der Waals surface area contributed by atoms with Crippen molar-refractivity contribution in [3.8, 4) is 0 Å². The summed E-state index contributed by atoms with van der Waals surface area (Å²) in [6.07, 6.45) is -0.510. The Morgan fingerprint density at radius 3 is 2.17 bits per heavy atom. The molecule has 0 aliphatic carbocycles. The molecule has 1 aromatic carbocycles. The van der Waals surface area contributed by atoms with Gasteiger partial charge in [-0.25, -0.2) is 9.59 Å². The minimum atomic E-state index is -1.05. The summed E-state index contributed by atoms with van der Waals surface area (Å²) in [4.78, 5) is 49.6. The number of likely N-dealkylation sites (tertiary alicyclic amines) is 1. The summed E-state index contributed by atoms with van der Waals surface area (Å²) in [6, 6.07) is 5.76. The van der Waals surface area contributed by atoms with Crippen molar-refractivity contribution in [2.45, 2.75) is 65.2 Å². The Kier molecular flexibility index (Phi) is 7.42. The predicted octanol–water partition coefficient (Wildman–Crippen LogP) is 2.91. The van der Waals surface area contributed by atoms with Crippen LogP contribution in [0.5, 0.6) is 0 Å². The van der Waals surface area contributed by atoms with E-state index in [9.17, 15) is 19.2 Å². The molecule has 0 aromatic heterocycles. The van der Waals surface area contributed by atoms with Crippen LogP contribution in [0.3, 0.4) is 0 Å². The Morgan fingerprint density at radius 1 is 1.07 bits per heavy atom. The lowest BCUT2D eigenvalue weighted by Crippen LogP contribution is -2.45. The summed E-state index contributed by atoms with van der Waals surface area (Å²) in [5.74, 6) is -1.33. The molecule has 3 amide bonds. The Bertz CT molecular complexity index is 800. The van der Waals surface area contributed by atoms with Crippen LogP contribution in [0, 0.1) is 0 Å². The van der Waals surface area contributed by atoms with Crippen LogP contribution in [-0.2, 0) is 23.9 Å². The number of rotatable bonds is 5. The number of benzene rings is 1. The van der Waals surface area contributed by atoms with E-state index in [0.29, 0.717) is 30.8 Å². The number of esters is 1. The molecule has 9 nitrogen and oxygen atoms in total. The summed E-state index contributed by atoms with van der Waals surface area (Å²) in [5, 5.41) is 5.28. The molecule has 2 rings (SSSR count). The largest absolute Gasteiger partial charge is 0.451 e. The molecule has 2 N–H and O–H groups in total. The van der Waals surface area contributed by atoms with Gasteiger partial charge in [0, 0.05) is 24.8 Å². The molecule has 30 heavy (non-hydrogen) atoms. The smallest absolute Gasteiger partial charge is 0.411 e. The summed E-state index contributed by atoms with van der Waals surface area (Å²) in [5.41, 5.74) is 0.424. The second-order valence-electron chi connectivity index (χ2n) is 8.16. The highest BCUT2D eigenvalue weighted by Gasteiger charge is 2.38. The monoisotopic (exact) mass is 419 g/mol. The fourth-order valence-electron chi connectivity index (χ4n) is 2.94. The van der Waals surface area contributed by atoms with Gasteiger partial charge in [-0.2, -0.15) is 0 Å².